The van der Waals surface area contributed by atoms with Gasteiger partial charge in [-0.2, -0.15) is 0 Å². The molecule has 0 aromatic heterocycles. The molecule has 1 aromatic rings. The number of aliphatic hydroxyl groups is 1. The highest BCUT2D eigenvalue weighted by Gasteiger charge is 2.24. The Balaban J connectivity index is 2.97. The van der Waals surface area contributed by atoms with E-state index < -0.39 is 6.10 Å². The molecule has 0 aliphatic rings. The van der Waals surface area contributed by atoms with Crippen LogP contribution in [0.15, 0.2) is 18.2 Å². The van der Waals surface area contributed by atoms with Crippen LogP contribution in [0.25, 0.3) is 0 Å². The molecule has 0 fully saturated rings. The number of methoxy groups -OCH3 is 2. The van der Waals surface area contributed by atoms with E-state index >= 15 is 0 Å². The van der Waals surface area contributed by atoms with Gasteiger partial charge >= 0.3 is 0 Å². The summed E-state index contributed by atoms with van der Waals surface area (Å²) in [6, 6.07) is 5.52. The fourth-order valence-corrected chi connectivity index (χ4v) is 2.23. The topological polar surface area (TPSA) is 50.7 Å². The fourth-order valence-electron chi connectivity index (χ4n) is 2.23. The standard InChI is InChI=1S/C16H27NO3/c1-7-12(17-16(2,3)4)15(18)11-8-9-13(19-5)14(10-11)20-6/h8-10,12,15,17-18H,7H2,1-6H3. The highest BCUT2D eigenvalue weighted by molar-refractivity contribution is 5.43. The minimum Gasteiger partial charge on any atom is -0.493 e. The van der Waals surface area contributed by atoms with E-state index in [4.69, 9.17) is 9.47 Å². The van der Waals surface area contributed by atoms with Crippen LogP contribution in [-0.2, 0) is 0 Å². The maximum absolute atomic E-state index is 10.6. The van der Waals surface area contributed by atoms with Crippen molar-refractivity contribution in [1.29, 1.82) is 0 Å². The van der Waals surface area contributed by atoms with Crippen molar-refractivity contribution in [2.45, 2.75) is 51.8 Å². The van der Waals surface area contributed by atoms with Gasteiger partial charge in [-0.3, -0.25) is 0 Å². The smallest absolute Gasteiger partial charge is 0.161 e. The minimum absolute atomic E-state index is 0.00639. The Morgan fingerprint density at radius 2 is 1.75 bits per heavy atom. The highest BCUT2D eigenvalue weighted by atomic mass is 16.5. The first-order chi connectivity index (χ1) is 9.32. The van der Waals surface area contributed by atoms with Crippen LogP contribution in [0.3, 0.4) is 0 Å². The van der Waals surface area contributed by atoms with Gasteiger partial charge in [-0.05, 0) is 44.9 Å². The zero-order valence-electron chi connectivity index (χ0n) is 13.4. The number of ether oxygens (including phenoxy) is 2. The second kappa shape index (κ2) is 6.95. The monoisotopic (exact) mass is 281 g/mol. The summed E-state index contributed by atoms with van der Waals surface area (Å²) in [7, 11) is 3.20. The molecule has 4 nitrogen and oxygen atoms in total. The van der Waals surface area contributed by atoms with Gasteiger partial charge in [0.15, 0.2) is 11.5 Å². The number of aliphatic hydroxyl groups excluding tert-OH is 1. The predicted molar refractivity (Wildman–Crippen MR) is 81.5 cm³/mol. The van der Waals surface area contributed by atoms with E-state index in [9.17, 15) is 5.11 Å². The molecule has 0 amide bonds. The second-order valence-electron chi connectivity index (χ2n) is 5.97. The number of rotatable bonds is 6. The SMILES string of the molecule is CCC(NC(C)(C)C)C(O)c1ccc(OC)c(OC)c1. The van der Waals surface area contributed by atoms with Crippen LogP contribution in [0.4, 0.5) is 0 Å². The summed E-state index contributed by atoms with van der Waals surface area (Å²) >= 11 is 0. The van der Waals surface area contributed by atoms with Crippen LogP contribution in [0.1, 0.15) is 45.8 Å². The molecule has 1 aromatic carbocycles. The van der Waals surface area contributed by atoms with Gasteiger partial charge in [0, 0.05) is 11.6 Å². The molecule has 114 valence electrons. The Bertz CT molecular complexity index is 426. The number of benzene rings is 1. The number of nitrogens with one attached hydrogen (secondary N) is 1. The molecule has 0 aliphatic carbocycles. The van der Waals surface area contributed by atoms with Crippen molar-refractivity contribution in [3.8, 4) is 11.5 Å². The predicted octanol–water partition coefficient (Wildman–Crippen LogP) is 2.90. The first-order valence-electron chi connectivity index (χ1n) is 7.00. The molecule has 20 heavy (non-hydrogen) atoms. The van der Waals surface area contributed by atoms with Crippen LogP contribution >= 0.6 is 0 Å². The van der Waals surface area contributed by atoms with Crippen molar-refractivity contribution >= 4 is 0 Å². The Hall–Kier alpha value is -1.26. The second-order valence-corrected chi connectivity index (χ2v) is 5.97. The summed E-state index contributed by atoms with van der Waals surface area (Å²) in [6.45, 7) is 8.35. The molecule has 2 unspecified atom stereocenters. The van der Waals surface area contributed by atoms with Gasteiger partial charge in [0.25, 0.3) is 0 Å². The third-order valence-corrected chi connectivity index (χ3v) is 3.19. The van der Waals surface area contributed by atoms with Crippen LogP contribution in [0, 0.1) is 0 Å². The highest BCUT2D eigenvalue weighted by Crippen LogP contribution is 2.31. The van der Waals surface area contributed by atoms with Crippen molar-refractivity contribution in [1.82, 2.24) is 5.32 Å². The molecular formula is C16H27NO3. The van der Waals surface area contributed by atoms with Crippen LogP contribution in [0.5, 0.6) is 11.5 Å². The molecule has 1 rings (SSSR count). The molecule has 0 heterocycles. The average molecular weight is 281 g/mol. The van der Waals surface area contributed by atoms with E-state index in [0.29, 0.717) is 11.5 Å². The van der Waals surface area contributed by atoms with E-state index in [2.05, 4.69) is 33.0 Å². The van der Waals surface area contributed by atoms with E-state index in [0.717, 1.165) is 12.0 Å². The first kappa shape index (κ1) is 16.8. The maximum Gasteiger partial charge on any atom is 0.161 e. The maximum atomic E-state index is 10.6. The first-order valence-corrected chi connectivity index (χ1v) is 7.00. The molecule has 0 radical (unpaired) electrons. The Morgan fingerprint density at radius 3 is 2.20 bits per heavy atom. The third kappa shape index (κ3) is 4.39. The summed E-state index contributed by atoms with van der Waals surface area (Å²) in [5, 5.41) is 14.0. The zero-order chi connectivity index (χ0) is 15.3. The quantitative estimate of drug-likeness (QED) is 0.842. The number of hydrogen-bond acceptors (Lipinski definition) is 4. The average Bonchev–Trinajstić information content (AvgIpc) is 2.42. The fraction of sp³-hybridized carbons (Fsp3) is 0.625. The number of hydrogen-bond donors (Lipinski definition) is 2. The van der Waals surface area contributed by atoms with E-state index in [1.165, 1.54) is 0 Å². The van der Waals surface area contributed by atoms with Gasteiger partial charge < -0.3 is 19.9 Å². The van der Waals surface area contributed by atoms with Crippen molar-refractivity contribution in [3.05, 3.63) is 23.8 Å². The van der Waals surface area contributed by atoms with Crippen molar-refractivity contribution in [2.75, 3.05) is 14.2 Å². The molecule has 0 bridgehead atoms. The van der Waals surface area contributed by atoms with Gasteiger partial charge in [-0.15, -0.1) is 0 Å². The van der Waals surface area contributed by atoms with Crippen LogP contribution in [0.2, 0.25) is 0 Å². The van der Waals surface area contributed by atoms with E-state index in [-0.39, 0.29) is 11.6 Å². The van der Waals surface area contributed by atoms with Crippen molar-refractivity contribution < 1.29 is 14.6 Å². The summed E-state index contributed by atoms with van der Waals surface area (Å²) < 4.78 is 10.5. The lowest BCUT2D eigenvalue weighted by molar-refractivity contribution is 0.110. The lowest BCUT2D eigenvalue weighted by atomic mass is 9.96. The summed E-state index contributed by atoms with van der Waals surface area (Å²) in [4.78, 5) is 0. The Morgan fingerprint density at radius 1 is 1.15 bits per heavy atom. The molecule has 2 N–H and O–H groups in total. The van der Waals surface area contributed by atoms with Gasteiger partial charge in [-0.25, -0.2) is 0 Å². The zero-order valence-corrected chi connectivity index (χ0v) is 13.4. The summed E-state index contributed by atoms with van der Waals surface area (Å²) in [5.41, 5.74) is 0.782. The lowest BCUT2D eigenvalue weighted by Gasteiger charge is -2.31. The van der Waals surface area contributed by atoms with E-state index in [1.54, 1.807) is 14.2 Å². The normalized spacial score (nSPS) is 14.8. The molecular weight excluding hydrogens is 254 g/mol. The molecule has 0 saturated carbocycles. The molecule has 4 heteroatoms. The minimum atomic E-state index is -0.584. The van der Waals surface area contributed by atoms with Gasteiger partial charge in [0.1, 0.15) is 0 Å². The summed E-state index contributed by atoms with van der Waals surface area (Å²) in [5.74, 6) is 1.30. The molecule has 0 saturated heterocycles. The van der Waals surface area contributed by atoms with Crippen molar-refractivity contribution in [2.24, 2.45) is 0 Å². The third-order valence-electron chi connectivity index (χ3n) is 3.19. The van der Waals surface area contributed by atoms with Gasteiger partial charge in [0.2, 0.25) is 0 Å². The Labute approximate surface area is 122 Å². The van der Waals surface area contributed by atoms with Crippen LogP contribution in [-0.4, -0.2) is 30.9 Å². The van der Waals surface area contributed by atoms with Gasteiger partial charge in [0.05, 0.1) is 20.3 Å². The van der Waals surface area contributed by atoms with Gasteiger partial charge in [-0.1, -0.05) is 13.0 Å². The lowest BCUT2D eigenvalue weighted by Crippen LogP contribution is -2.46. The molecule has 2 atom stereocenters. The molecule has 0 spiro atoms. The summed E-state index contributed by atoms with van der Waals surface area (Å²) in [6.07, 6.45) is 0.256. The Kier molecular flexibility index (Phi) is 5.84. The van der Waals surface area contributed by atoms with Crippen molar-refractivity contribution in [3.63, 3.8) is 0 Å². The van der Waals surface area contributed by atoms with Crippen LogP contribution < -0.4 is 14.8 Å². The largest absolute Gasteiger partial charge is 0.493 e. The molecule has 0 aliphatic heterocycles. The van der Waals surface area contributed by atoms with E-state index in [1.807, 2.05) is 18.2 Å².